The molecule has 0 radical (unpaired) electrons. The number of halogens is 2. The largest absolute Gasteiger partial charge is 0.368 e. The van der Waals surface area contributed by atoms with E-state index in [1.165, 1.54) is 0 Å². The molecule has 146 valence electrons. The Morgan fingerprint density at radius 1 is 0.852 bits per heavy atom. The lowest BCUT2D eigenvalue weighted by molar-refractivity contribution is 0.730. The molecule has 5 nitrogen and oxygen atoms in total. The van der Waals surface area contributed by atoms with Crippen LogP contribution in [0.4, 0.5) is 0 Å². The highest BCUT2D eigenvalue weighted by atomic mass is 35.5. The van der Waals surface area contributed by atoms with Crippen molar-refractivity contribution in [3.63, 3.8) is 0 Å². The van der Waals surface area contributed by atoms with Crippen molar-refractivity contribution in [1.82, 2.24) is 15.6 Å². The number of rotatable bonds is 4. The molecule has 1 aromatic heterocycles. The predicted octanol–water partition coefficient (Wildman–Crippen LogP) is 4.81. The lowest BCUT2D eigenvalue weighted by Gasteiger charge is -2.11. The van der Waals surface area contributed by atoms with Gasteiger partial charge in [0.2, 0.25) is 0 Å². The number of benzene rings is 2. The second-order valence-electron chi connectivity index (χ2n) is 6.96. The number of para-hydroxylation sites is 1. The Hall–Kier alpha value is -2.24. The van der Waals surface area contributed by atoms with Crippen LogP contribution in [0.3, 0.4) is 0 Å². The summed E-state index contributed by atoms with van der Waals surface area (Å²) in [6.07, 6.45) is 0. The van der Waals surface area contributed by atoms with Crippen LogP contribution in [0.1, 0.15) is 38.8 Å². The third-order valence-corrected chi connectivity index (χ3v) is 4.06. The molecule has 0 spiro atoms. The van der Waals surface area contributed by atoms with Crippen molar-refractivity contribution in [2.45, 2.75) is 39.8 Å². The van der Waals surface area contributed by atoms with Gasteiger partial charge in [0.05, 0.1) is 5.52 Å². The summed E-state index contributed by atoms with van der Waals surface area (Å²) in [7, 11) is 0. The second kappa shape index (κ2) is 9.11. The third-order valence-electron chi connectivity index (χ3n) is 4.06. The van der Waals surface area contributed by atoms with E-state index in [1.807, 2.05) is 58.0 Å². The van der Waals surface area contributed by atoms with Crippen molar-refractivity contribution in [1.29, 1.82) is 10.8 Å². The highest BCUT2D eigenvalue weighted by molar-refractivity contribution is 6.16. The first-order valence-corrected chi connectivity index (χ1v) is 8.62. The highest BCUT2D eigenvalue weighted by Crippen LogP contribution is 2.28. The maximum Gasteiger partial charge on any atom is 0.127 e. The molecule has 27 heavy (non-hydrogen) atoms. The van der Waals surface area contributed by atoms with Gasteiger partial charge in [-0.3, -0.25) is 10.8 Å². The molecule has 0 unspecified atom stereocenters. The summed E-state index contributed by atoms with van der Waals surface area (Å²) < 4.78 is 0. The van der Waals surface area contributed by atoms with Gasteiger partial charge in [0.1, 0.15) is 11.7 Å². The van der Waals surface area contributed by atoms with E-state index < -0.39 is 0 Å². The fourth-order valence-electron chi connectivity index (χ4n) is 3.03. The van der Waals surface area contributed by atoms with Crippen molar-refractivity contribution in [3.05, 3.63) is 47.5 Å². The van der Waals surface area contributed by atoms with Gasteiger partial charge in [-0.15, -0.1) is 24.8 Å². The van der Waals surface area contributed by atoms with E-state index in [0.29, 0.717) is 11.7 Å². The summed E-state index contributed by atoms with van der Waals surface area (Å²) in [5, 5.41) is 25.0. The smallest absolute Gasteiger partial charge is 0.127 e. The predicted molar refractivity (Wildman–Crippen MR) is 121 cm³/mol. The van der Waals surface area contributed by atoms with E-state index in [0.717, 1.165) is 32.9 Å². The fraction of sp³-hybridized carbons (Fsp3) is 0.300. The van der Waals surface area contributed by atoms with Gasteiger partial charge in [0.25, 0.3) is 0 Å². The van der Waals surface area contributed by atoms with Crippen LogP contribution in [0.25, 0.3) is 21.8 Å². The minimum Gasteiger partial charge on any atom is -0.368 e. The fourth-order valence-corrected chi connectivity index (χ4v) is 3.03. The second-order valence-corrected chi connectivity index (χ2v) is 6.96. The Labute approximate surface area is 172 Å². The topological polar surface area (TPSA) is 87.6 Å². The molecule has 3 aromatic rings. The summed E-state index contributed by atoms with van der Waals surface area (Å²) in [6, 6.07) is 12.5. The molecule has 5 N–H and O–H groups in total. The van der Waals surface area contributed by atoms with Crippen molar-refractivity contribution >= 4 is 58.3 Å². The zero-order valence-electron chi connectivity index (χ0n) is 15.9. The standard InChI is InChI=1S/C20H25N5.2ClH/c1-11(2)23-19(21)13-8-9-14-15-6-5-7-16(20(22)24-12(3)4)18(15)25-17(14)10-13;;/h5-12,25H,1-4H3,(H2,21,23)(H2,22,24);2*1H. The quantitative estimate of drug-likeness (QED) is 0.317. The maximum atomic E-state index is 8.33. The van der Waals surface area contributed by atoms with E-state index >= 15 is 0 Å². The summed E-state index contributed by atoms with van der Waals surface area (Å²) in [5.74, 6) is 0.839. The van der Waals surface area contributed by atoms with Crippen molar-refractivity contribution in [3.8, 4) is 0 Å². The Morgan fingerprint density at radius 2 is 1.48 bits per heavy atom. The number of hydrogen-bond acceptors (Lipinski definition) is 2. The average Bonchev–Trinajstić information content (AvgIpc) is 2.91. The van der Waals surface area contributed by atoms with Crippen LogP contribution in [0.15, 0.2) is 36.4 Å². The minimum atomic E-state index is 0. The zero-order valence-corrected chi connectivity index (χ0v) is 17.6. The first-order chi connectivity index (χ1) is 11.9. The van der Waals surface area contributed by atoms with Gasteiger partial charge in [-0.1, -0.05) is 24.3 Å². The summed E-state index contributed by atoms with van der Waals surface area (Å²) >= 11 is 0. The van der Waals surface area contributed by atoms with Crippen LogP contribution < -0.4 is 10.6 Å². The number of aromatic amines is 1. The van der Waals surface area contributed by atoms with Gasteiger partial charge in [-0.25, -0.2) is 0 Å². The van der Waals surface area contributed by atoms with E-state index in [1.54, 1.807) is 0 Å². The maximum absolute atomic E-state index is 8.33. The first-order valence-electron chi connectivity index (χ1n) is 8.62. The Balaban J connectivity index is 0.00000182. The monoisotopic (exact) mass is 407 g/mol. The molecule has 0 amide bonds. The number of fused-ring (bicyclic) bond motifs is 3. The molecule has 0 bridgehead atoms. The number of amidine groups is 2. The Bertz CT molecular complexity index is 960. The van der Waals surface area contributed by atoms with Gasteiger partial charge < -0.3 is 15.6 Å². The molecule has 0 fully saturated rings. The van der Waals surface area contributed by atoms with Crippen molar-refractivity contribution in [2.24, 2.45) is 0 Å². The molecule has 3 rings (SSSR count). The molecule has 0 aliphatic heterocycles. The Kier molecular flexibility index (Phi) is 7.69. The van der Waals surface area contributed by atoms with E-state index in [4.69, 9.17) is 10.8 Å². The van der Waals surface area contributed by atoms with Gasteiger partial charge >= 0.3 is 0 Å². The van der Waals surface area contributed by atoms with Crippen molar-refractivity contribution in [2.75, 3.05) is 0 Å². The lowest BCUT2D eigenvalue weighted by Crippen LogP contribution is -2.30. The van der Waals surface area contributed by atoms with Gasteiger partial charge in [0.15, 0.2) is 0 Å². The molecular formula is C20H27Cl2N5. The Morgan fingerprint density at radius 3 is 2.11 bits per heavy atom. The molecule has 0 aliphatic carbocycles. The van der Waals surface area contributed by atoms with Crippen LogP contribution >= 0.6 is 24.8 Å². The third kappa shape index (κ3) is 4.73. The van der Waals surface area contributed by atoms with E-state index in [9.17, 15) is 0 Å². The summed E-state index contributed by atoms with van der Waals surface area (Å²) in [4.78, 5) is 3.44. The SMILES string of the molecule is CC(C)NC(=N)c1ccc2c(c1)[nH]c1c(C(=N)NC(C)C)cccc12.Cl.Cl. The first kappa shape index (κ1) is 22.8. The van der Waals surface area contributed by atoms with Crippen molar-refractivity contribution < 1.29 is 0 Å². The van der Waals surface area contributed by atoms with Crippen LogP contribution in [-0.4, -0.2) is 28.7 Å². The zero-order chi connectivity index (χ0) is 18.1. The molecule has 2 aromatic carbocycles. The van der Waals surface area contributed by atoms with Crippen LogP contribution in [-0.2, 0) is 0 Å². The lowest BCUT2D eigenvalue weighted by atomic mass is 10.1. The molecular weight excluding hydrogens is 381 g/mol. The summed E-state index contributed by atoms with van der Waals surface area (Å²) in [6.45, 7) is 8.10. The van der Waals surface area contributed by atoms with Crippen LogP contribution in [0, 0.1) is 10.8 Å². The van der Waals surface area contributed by atoms with E-state index in [-0.39, 0.29) is 36.9 Å². The normalized spacial score (nSPS) is 10.6. The van der Waals surface area contributed by atoms with Gasteiger partial charge in [0, 0.05) is 39.5 Å². The average molecular weight is 408 g/mol. The minimum absolute atomic E-state index is 0. The highest BCUT2D eigenvalue weighted by Gasteiger charge is 2.13. The number of hydrogen-bond donors (Lipinski definition) is 5. The molecule has 0 saturated heterocycles. The van der Waals surface area contributed by atoms with Crippen LogP contribution in [0.2, 0.25) is 0 Å². The molecule has 0 aliphatic rings. The molecule has 0 atom stereocenters. The number of aromatic nitrogens is 1. The molecule has 0 saturated carbocycles. The summed E-state index contributed by atoms with van der Waals surface area (Å²) in [5.41, 5.74) is 3.65. The van der Waals surface area contributed by atoms with E-state index in [2.05, 4.69) is 21.7 Å². The molecule has 7 heteroatoms. The number of H-pyrrole nitrogens is 1. The van der Waals surface area contributed by atoms with Gasteiger partial charge in [-0.05, 0) is 39.8 Å². The van der Waals surface area contributed by atoms with Gasteiger partial charge in [-0.2, -0.15) is 0 Å². The number of nitrogens with one attached hydrogen (secondary N) is 5. The van der Waals surface area contributed by atoms with Crippen LogP contribution in [0.5, 0.6) is 0 Å². The molecule has 1 heterocycles.